The number of furan rings is 1. The van der Waals surface area contributed by atoms with Crippen molar-refractivity contribution in [2.24, 2.45) is 23.5 Å². The van der Waals surface area contributed by atoms with Crippen molar-refractivity contribution < 1.29 is 32.7 Å². The predicted molar refractivity (Wildman–Crippen MR) is 147 cm³/mol. The zero-order chi connectivity index (χ0) is 28.2. The summed E-state index contributed by atoms with van der Waals surface area (Å²) in [5.74, 6) is -0.639. The van der Waals surface area contributed by atoms with Crippen LogP contribution in [0.1, 0.15) is 68.8 Å². The summed E-state index contributed by atoms with van der Waals surface area (Å²) >= 11 is 0. The third kappa shape index (κ3) is 6.17. The fourth-order valence-electron chi connectivity index (χ4n) is 6.49. The normalized spacial score (nSPS) is 27.6. The number of anilines is 1. The molecule has 218 valence electrons. The van der Waals surface area contributed by atoms with Crippen LogP contribution in [0.3, 0.4) is 0 Å². The minimum atomic E-state index is -0.552. The zero-order valence-corrected chi connectivity index (χ0v) is 23.1. The van der Waals surface area contributed by atoms with Crippen LogP contribution in [0.2, 0.25) is 0 Å². The number of fused-ring (bicyclic) bond motifs is 1. The average Bonchev–Trinajstić information content (AvgIpc) is 3.74. The van der Waals surface area contributed by atoms with Crippen LogP contribution in [-0.4, -0.2) is 67.3 Å². The number of halogens is 1. The van der Waals surface area contributed by atoms with Gasteiger partial charge in [-0.3, -0.25) is 9.59 Å². The van der Waals surface area contributed by atoms with Crippen molar-refractivity contribution in [1.82, 2.24) is 4.90 Å². The van der Waals surface area contributed by atoms with Gasteiger partial charge in [0.05, 0.1) is 6.10 Å². The Morgan fingerprint density at radius 1 is 1.15 bits per heavy atom. The fourth-order valence-corrected chi connectivity index (χ4v) is 6.49. The predicted octanol–water partition coefficient (Wildman–Crippen LogP) is 4.44. The average molecular weight is 558 g/mol. The summed E-state index contributed by atoms with van der Waals surface area (Å²) < 4.78 is 29.5. The Bertz CT molecular complexity index is 1200. The summed E-state index contributed by atoms with van der Waals surface area (Å²) in [6.07, 6.45) is 6.15. The molecule has 1 aromatic carbocycles. The van der Waals surface area contributed by atoms with Crippen LogP contribution in [0.15, 0.2) is 28.7 Å². The number of esters is 1. The number of carbonyl (C=O) groups excluding carboxylic acids is 3. The van der Waals surface area contributed by atoms with Crippen molar-refractivity contribution >= 4 is 34.4 Å². The fraction of sp³-hybridized carbons (Fsp3) is 0.633. The van der Waals surface area contributed by atoms with Crippen LogP contribution in [0.4, 0.5) is 10.1 Å². The third-order valence-electron chi connectivity index (χ3n) is 8.91. The second kappa shape index (κ2) is 12.7. The molecule has 1 aromatic heterocycles. The van der Waals surface area contributed by atoms with Crippen LogP contribution < -0.4 is 11.1 Å². The Balaban J connectivity index is 1.23. The summed E-state index contributed by atoms with van der Waals surface area (Å²) in [4.78, 5) is 41.3. The van der Waals surface area contributed by atoms with E-state index in [1.165, 1.54) is 0 Å². The molecule has 2 aliphatic heterocycles. The van der Waals surface area contributed by atoms with E-state index in [2.05, 4.69) is 5.32 Å². The molecule has 9 nitrogen and oxygen atoms in total. The van der Waals surface area contributed by atoms with E-state index in [0.717, 1.165) is 38.5 Å². The van der Waals surface area contributed by atoms with E-state index in [9.17, 15) is 18.8 Å². The summed E-state index contributed by atoms with van der Waals surface area (Å²) in [5.41, 5.74) is 6.96. The minimum Gasteiger partial charge on any atom is -0.457 e. The first-order valence-corrected chi connectivity index (χ1v) is 14.6. The Hall–Kier alpha value is -2.98. The Kier molecular flexibility index (Phi) is 9.05. The number of carbonyl (C=O) groups is 3. The molecule has 3 fully saturated rings. The molecule has 3 heterocycles. The molecule has 0 bridgehead atoms. The van der Waals surface area contributed by atoms with Gasteiger partial charge in [0.15, 0.2) is 0 Å². The molecule has 3 aliphatic rings. The Morgan fingerprint density at radius 2 is 1.95 bits per heavy atom. The molecule has 40 heavy (non-hydrogen) atoms. The van der Waals surface area contributed by atoms with Crippen LogP contribution in [0, 0.1) is 17.8 Å². The lowest BCUT2D eigenvalue weighted by Gasteiger charge is -2.34. The first kappa shape index (κ1) is 28.5. The number of benzene rings is 1. The van der Waals surface area contributed by atoms with Gasteiger partial charge in [0, 0.05) is 36.2 Å². The van der Waals surface area contributed by atoms with Crippen LogP contribution in [-0.2, 0) is 19.1 Å². The van der Waals surface area contributed by atoms with Crippen molar-refractivity contribution in [3.63, 3.8) is 0 Å². The van der Waals surface area contributed by atoms with Gasteiger partial charge in [0.1, 0.15) is 24.9 Å². The van der Waals surface area contributed by atoms with Gasteiger partial charge in [-0.25, -0.2) is 9.18 Å². The van der Waals surface area contributed by atoms with Crippen molar-refractivity contribution in [1.29, 1.82) is 0 Å². The first-order chi connectivity index (χ1) is 19.4. The number of hydrogen-bond acceptors (Lipinski definition) is 7. The standard InChI is InChI=1S/C30H40FN3O6/c1-2-18-11-12-34(29(36)20-7-5-19(6-8-20)24(32)16-31)27(18)28(35)33-22-9-10-25-21(14-22)15-26(40-25)30(37)39-17-23-4-3-13-38-23/h9-10,14-15,18-20,23-24,27H,2-8,11-13,16-17,32H2,1H3,(H,33,35)/t18-,19?,20?,23+,24-,27+/m1/s1. The maximum Gasteiger partial charge on any atom is 0.374 e. The summed E-state index contributed by atoms with van der Waals surface area (Å²) in [6, 6.07) is 5.78. The van der Waals surface area contributed by atoms with Gasteiger partial charge in [-0.05, 0) is 81.0 Å². The van der Waals surface area contributed by atoms with E-state index in [1.54, 1.807) is 29.2 Å². The Morgan fingerprint density at radius 3 is 2.65 bits per heavy atom. The smallest absolute Gasteiger partial charge is 0.374 e. The zero-order valence-electron chi connectivity index (χ0n) is 23.1. The maximum atomic E-state index is 13.5. The van der Waals surface area contributed by atoms with Crippen molar-refractivity contribution in [3.05, 3.63) is 30.0 Å². The molecule has 0 radical (unpaired) electrons. The Labute approximate surface area is 233 Å². The number of ether oxygens (including phenoxy) is 2. The number of nitrogens with two attached hydrogens (primary N) is 1. The van der Waals surface area contributed by atoms with E-state index in [4.69, 9.17) is 19.6 Å². The number of likely N-dealkylation sites (tertiary alicyclic amines) is 1. The minimum absolute atomic E-state index is 0.0137. The SMILES string of the molecule is CC[C@@H]1CCN(C(=O)C2CCC([C@H](N)CF)CC2)[C@@H]1C(=O)Nc1ccc2oc(C(=O)OC[C@@H]3CCCO3)cc2c1. The van der Waals surface area contributed by atoms with Gasteiger partial charge >= 0.3 is 5.97 Å². The first-order valence-electron chi connectivity index (χ1n) is 14.6. The molecule has 2 saturated heterocycles. The van der Waals surface area contributed by atoms with Crippen LogP contribution in [0.25, 0.3) is 11.0 Å². The summed E-state index contributed by atoms with van der Waals surface area (Å²) in [6.45, 7) is 2.93. The van der Waals surface area contributed by atoms with Crippen molar-refractivity contribution in [2.75, 3.05) is 31.7 Å². The molecule has 10 heteroatoms. The summed E-state index contributed by atoms with van der Waals surface area (Å²) in [7, 11) is 0. The number of nitrogens with one attached hydrogen (secondary N) is 1. The van der Waals surface area contributed by atoms with Gasteiger partial charge in [-0.1, -0.05) is 13.3 Å². The number of rotatable bonds is 9. The maximum absolute atomic E-state index is 13.5. The molecule has 2 aromatic rings. The van der Waals surface area contributed by atoms with Gasteiger partial charge < -0.3 is 29.8 Å². The topological polar surface area (TPSA) is 124 Å². The second-order valence-electron chi connectivity index (χ2n) is 11.4. The molecule has 3 N–H and O–H groups in total. The number of alkyl halides is 1. The lowest BCUT2D eigenvalue weighted by atomic mass is 9.78. The molecular weight excluding hydrogens is 517 g/mol. The number of amides is 2. The largest absolute Gasteiger partial charge is 0.457 e. The summed E-state index contributed by atoms with van der Waals surface area (Å²) in [5, 5.41) is 3.66. The second-order valence-corrected chi connectivity index (χ2v) is 11.4. The molecule has 1 saturated carbocycles. The number of hydrogen-bond donors (Lipinski definition) is 2. The highest BCUT2D eigenvalue weighted by molar-refractivity contribution is 6.00. The molecule has 5 rings (SSSR count). The third-order valence-corrected chi connectivity index (χ3v) is 8.91. The van der Waals surface area contributed by atoms with Gasteiger partial charge in [-0.2, -0.15) is 0 Å². The highest BCUT2D eigenvalue weighted by atomic mass is 19.1. The molecule has 4 atom stereocenters. The highest BCUT2D eigenvalue weighted by Crippen LogP contribution is 2.36. The molecule has 0 unspecified atom stereocenters. The quantitative estimate of drug-likeness (QED) is 0.437. The van der Waals surface area contributed by atoms with Crippen molar-refractivity contribution in [2.45, 2.75) is 76.5 Å². The van der Waals surface area contributed by atoms with E-state index in [-0.39, 0.29) is 48.0 Å². The van der Waals surface area contributed by atoms with Crippen molar-refractivity contribution in [3.8, 4) is 0 Å². The highest BCUT2D eigenvalue weighted by Gasteiger charge is 2.43. The van der Waals surface area contributed by atoms with E-state index >= 15 is 0 Å². The van der Waals surface area contributed by atoms with Gasteiger partial charge in [0.25, 0.3) is 0 Å². The monoisotopic (exact) mass is 557 g/mol. The van der Waals surface area contributed by atoms with Gasteiger partial charge in [0.2, 0.25) is 17.6 Å². The molecule has 0 spiro atoms. The molecule has 2 amide bonds. The molecular formula is C30H40FN3O6. The lowest BCUT2D eigenvalue weighted by molar-refractivity contribution is -0.142. The lowest BCUT2D eigenvalue weighted by Crippen LogP contribution is -2.48. The van der Waals surface area contributed by atoms with Crippen LogP contribution in [0.5, 0.6) is 0 Å². The molecule has 1 aliphatic carbocycles. The van der Waals surface area contributed by atoms with Gasteiger partial charge in [-0.15, -0.1) is 0 Å². The van der Waals surface area contributed by atoms with Crippen LogP contribution >= 0.6 is 0 Å². The van der Waals surface area contributed by atoms with E-state index < -0.39 is 24.7 Å². The number of nitrogens with zero attached hydrogens (tertiary/aromatic N) is 1. The van der Waals surface area contributed by atoms with E-state index in [1.807, 2.05) is 6.92 Å². The van der Waals surface area contributed by atoms with E-state index in [0.29, 0.717) is 42.6 Å².